The first-order chi connectivity index (χ1) is 19.6. The lowest BCUT2D eigenvalue weighted by Gasteiger charge is -2.30. The fourth-order valence-corrected chi connectivity index (χ4v) is 4.94. The number of rotatable bonds is 15. The molecule has 224 valence electrons. The van der Waals surface area contributed by atoms with E-state index >= 15 is 0 Å². The van der Waals surface area contributed by atoms with Crippen LogP contribution in [0.15, 0.2) is 47.8 Å². The second kappa shape index (κ2) is 14.8. The molecule has 1 aliphatic heterocycles. The van der Waals surface area contributed by atoms with Gasteiger partial charge in [-0.25, -0.2) is 4.79 Å². The van der Waals surface area contributed by atoms with E-state index in [2.05, 4.69) is 62.2 Å². The molecule has 3 rings (SSSR count). The van der Waals surface area contributed by atoms with Crippen LogP contribution in [0.25, 0.3) is 0 Å². The lowest BCUT2D eigenvalue weighted by Crippen LogP contribution is -2.32. The van der Waals surface area contributed by atoms with Crippen LogP contribution in [0.2, 0.25) is 0 Å². The Balaban J connectivity index is 2.06. The van der Waals surface area contributed by atoms with E-state index in [1.807, 2.05) is 0 Å². The van der Waals surface area contributed by atoms with Crippen LogP contribution < -0.4 is 19.5 Å². The maximum Gasteiger partial charge on any atom is 0.346 e. The van der Waals surface area contributed by atoms with Gasteiger partial charge in [-0.2, -0.15) is 0 Å². The number of Topliss-reactive ketones (excluding diaryl/α,β-unsaturated/α-hetero) is 1. The van der Waals surface area contributed by atoms with Crippen LogP contribution in [0.5, 0.6) is 17.2 Å². The summed E-state index contributed by atoms with van der Waals surface area (Å²) in [5, 5.41) is 3.37. The number of cyclic esters (lactones) is 1. The predicted octanol–water partition coefficient (Wildman–Crippen LogP) is 6.52. The third-order valence-corrected chi connectivity index (χ3v) is 6.99. The highest BCUT2D eigenvalue weighted by atomic mass is 16.5. The average molecular weight is 567 g/mol. The Hall–Kier alpha value is -3.68. The quantitative estimate of drug-likeness (QED) is 0.113. The number of unbranched alkanes of at least 4 members (excludes halogenated alkanes) is 4. The number of anilines is 1. The first kappa shape index (κ1) is 31.8. The zero-order valence-electron chi connectivity index (χ0n) is 25.7. The number of benzene rings is 2. The molecule has 0 radical (unpaired) electrons. The molecule has 0 aliphatic carbocycles. The van der Waals surface area contributed by atoms with Gasteiger partial charge in [-0.05, 0) is 29.4 Å². The van der Waals surface area contributed by atoms with Crippen molar-refractivity contribution in [2.75, 3.05) is 39.8 Å². The summed E-state index contributed by atoms with van der Waals surface area (Å²) in [6.07, 6.45) is 6.38. The minimum absolute atomic E-state index is 0.00263. The SMILES string of the molecule is CCCCCCCN(Cc1ccc(CC(C)(C)C)cc1)/C(Nc1c(OC)cc(OC)cc1OC)=C1/C(=O)COC1=O. The van der Waals surface area contributed by atoms with Crippen LogP contribution in [-0.2, 0) is 27.3 Å². The molecule has 0 aromatic heterocycles. The van der Waals surface area contributed by atoms with Crippen molar-refractivity contribution in [3.05, 3.63) is 58.9 Å². The summed E-state index contributed by atoms with van der Waals surface area (Å²) >= 11 is 0. The van der Waals surface area contributed by atoms with E-state index in [0.29, 0.717) is 41.8 Å². The molecule has 8 heteroatoms. The number of hydrogen-bond acceptors (Lipinski definition) is 8. The molecule has 0 amide bonds. The number of nitrogens with one attached hydrogen (secondary N) is 1. The van der Waals surface area contributed by atoms with Crippen LogP contribution in [0, 0.1) is 5.41 Å². The predicted molar refractivity (Wildman–Crippen MR) is 161 cm³/mol. The molecule has 1 saturated heterocycles. The van der Waals surface area contributed by atoms with Crippen molar-refractivity contribution >= 4 is 17.4 Å². The van der Waals surface area contributed by atoms with E-state index in [9.17, 15) is 9.59 Å². The topological polar surface area (TPSA) is 86.3 Å². The molecule has 1 fully saturated rings. The van der Waals surface area contributed by atoms with Gasteiger partial charge in [0.1, 0.15) is 34.3 Å². The average Bonchev–Trinajstić information content (AvgIpc) is 3.28. The smallest absolute Gasteiger partial charge is 0.346 e. The van der Waals surface area contributed by atoms with Crippen LogP contribution in [0.1, 0.15) is 70.9 Å². The summed E-state index contributed by atoms with van der Waals surface area (Å²) in [4.78, 5) is 28.0. The molecular weight excluding hydrogens is 520 g/mol. The molecule has 0 unspecified atom stereocenters. The number of carbonyl (C=O) groups is 2. The minimum Gasteiger partial charge on any atom is -0.496 e. The number of nitrogens with zero attached hydrogens (tertiary/aromatic N) is 1. The maximum atomic E-state index is 13.0. The van der Waals surface area contributed by atoms with E-state index in [1.54, 1.807) is 33.5 Å². The Kier molecular flexibility index (Phi) is 11.5. The Morgan fingerprint density at radius 2 is 1.51 bits per heavy atom. The molecule has 8 nitrogen and oxygen atoms in total. The van der Waals surface area contributed by atoms with Gasteiger partial charge >= 0.3 is 5.97 Å². The molecule has 2 aromatic carbocycles. The molecule has 0 spiro atoms. The molecular formula is C33H46N2O6. The third kappa shape index (κ3) is 8.90. The minimum atomic E-state index is -0.638. The molecule has 2 aromatic rings. The first-order valence-electron chi connectivity index (χ1n) is 14.4. The van der Waals surface area contributed by atoms with Crippen molar-refractivity contribution in [2.45, 2.75) is 72.8 Å². The molecule has 1 aliphatic rings. The van der Waals surface area contributed by atoms with E-state index in [4.69, 9.17) is 18.9 Å². The van der Waals surface area contributed by atoms with Crippen LogP contribution in [0.3, 0.4) is 0 Å². The monoisotopic (exact) mass is 566 g/mol. The van der Waals surface area contributed by atoms with Gasteiger partial charge < -0.3 is 29.2 Å². The summed E-state index contributed by atoms with van der Waals surface area (Å²) in [5.74, 6) is 0.840. The lowest BCUT2D eigenvalue weighted by molar-refractivity contribution is -0.135. The Morgan fingerprint density at radius 1 is 0.902 bits per heavy atom. The van der Waals surface area contributed by atoms with Crippen molar-refractivity contribution in [2.24, 2.45) is 5.41 Å². The van der Waals surface area contributed by atoms with E-state index < -0.39 is 5.97 Å². The molecule has 41 heavy (non-hydrogen) atoms. The van der Waals surface area contributed by atoms with Gasteiger partial charge in [-0.15, -0.1) is 0 Å². The van der Waals surface area contributed by atoms with Gasteiger partial charge in [0.15, 0.2) is 6.61 Å². The number of esters is 1. The fraction of sp³-hybridized carbons (Fsp3) is 0.515. The fourth-order valence-electron chi connectivity index (χ4n) is 4.94. The lowest BCUT2D eigenvalue weighted by atomic mass is 9.88. The summed E-state index contributed by atoms with van der Waals surface area (Å²) < 4.78 is 21.9. The van der Waals surface area contributed by atoms with Crippen molar-refractivity contribution < 1.29 is 28.5 Å². The second-order valence-corrected chi connectivity index (χ2v) is 11.6. The van der Waals surface area contributed by atoms with Gasteiger partial charge in [-0.1, -0.05) is 77.6 Å². The Bertz CT molecular complexity index is 1170. The Labute approximate surface area is 245 Å². The van der Waals surface area contributed by atoms with Crippen molar-refractivity contribution in [1.29, 1.82) is 0 Å². The third-order valence-electron chi connectivity index (χ3n) is 6.99. The summed E-state index contributed by atoms with van der Waals surface area (Å²) in [6.45, 7) is 9.73. The van der Waals surface area contributed by atoms with Crippen molar-refractivity contribution in [1.82, 2.24) is 4.90 Å². The van der Waals surface area contributed by atoms with E-state index in [0.717, 1.165) is 37.7 Å². The summed E-state index contributed by atoms with van der Waals surface area (Å²) in [5.41, 5.74) is 3.02. The number of ketones is 1. The van der Waals surface area contributed by atoms with Crippen molar-refractivity contribution in [3.8, 4) is 17.2 Å². The van der Waals surface area contributed by atoms with Crippen molar-refractivity contribution in [3.63, 3.8) is 0 Å². The molecule has 0 bridgehead atoms. The summed E-state index contributed by atoms with van der Waals surface area (Å²) in [7, 11) is 4.66. The number of hydrogen-bond donors (Lipinski definition) is 1. The van der Waals surface area contributed by atoms with Crippen LogP contribution >= 0.6 is 0 Å². The van der Waals surface area contributed by atoms with Crippen LogP contribution in [-0.4, -0.2) is 51.1 Å². The number of methoxy groups -OCH3 is 3. The van der Waals surface area contributed by atoms with Gasteiger partial charge in [0, 0.05) is 25.2 Å². The summed E-state index contributed by atoms with van der Waals surface area (Å²) in [6, 6.07) is 12.0. The van der Waals surface area contributed by atoms with Gasteiger partial charge in [0.25, 0.3) is 0 Å². The van der Waals surface area contributed by atoms with E-state index in [1.165, 1.54) is 12.0 Å². The highest BCUT2D eigenvalue weighted by molar-refractivity contribution is 6.22. The number of ether oxygens (including phenoxy) is 4. The Morgan fingerprint density at radius 3 is 2.02 bits per heavy atom. The normalized spacial score (nSPS) is 14.5. The molecule has 0 saturated carbocycles. The van der Waals surface area contributed by atoms with Gasteiger partial charge in [0.05, 0.1) is 21.3 Å². The van der Waals surface area contributed by atoms with E-state index in [-0.39, 0.29) is 23.4 Å². The van der Waals surface area contributed by atoms with Gasteiger partial charge in [-0.3, -0.25) is 4.79 Å². The standard InChI is InChI=1S/C33H46N2O6/c1-8-9-10-11-12-17-35(21-24-15-13-23(14-16-24)20-33(2,3)4)31(29-26(36)22-41-32(29)37)34-30-27(39-6)18-25(38-5)19-28(30)40-7/h13-16,18-19,34H,8-12,17,20-22H2,1-7H3/b31-29-. The maximum absolute atomic E-state index is 13.0. The zero-order chi connectivity index (χ0) is 30.0. The first-order valence-corrected chi connectivity index (χ1v) is 14.4. The second-order valence-electron chi connectivity index (χ2n) is 11.6. The molecule has 1 N–H and O–H groups in total. The van der Waals surface area contributed by atoms with Gasteiger partial charge in [0.2, 0.25) is 5.78 Å². The highest BCUT2D eigenvalue weighted by Crippen LogP contribution is 2.40. The largest absolute Gasteiger partial charge is 0.496 e. The van der Waals surface area contributed by atoms with Crippen LogP contribution in [0.4, 0.5) is 5.69 Å². The molecule has 0 atom stereocenters. The number of carbonyl (C=O) groups excluding carboxylic acids is 2. The zero-order valence-corrected chi connectivity index (χ0v) is 25.7. The molecule has 1 heterocycles. The highest BCUT2D eigenvalue weighted by Gasteiger charge is 2.35.